The minimum atomic E-state index is 0.131. The SMILES string of the molecule is CC1(C)CCC2(CC1)CNCC(C(C)(C)C)O2. The molecule has 0 aromatic carbocycles. The third-order valence-electron chi connectivity index (χ3n) is 4.65. The number of ether oxygens (including phenoxy) is 1. The Kier molecular flexibility index (Phi) is 3.33. The summed E-state index contributed by atoms with van der Waals surface area (Å²) in [6, 6.07) is 0. The molecule has 0 aromatic rings. The van der Waals surface area contributed by atoms with Crippen LogP contribution < -0.4 is 5.32 Å². The highest BCUT2D eigenvalue weighted by Gasteiger charge is 2.44. The van der Waals surface area contributed by atoms with Crippen molar-refractivity contribution in [2.24, 2.45) is 10.8 Å². The molecule has 2 fully saturated rings. The van der Waals surface area contributed by atoms with Crippen LogP contribution in [0.15, 0.2) is 0 Å². The summed E-state index contributed by atoms with van der Waals surface area (Å²) in [5, 5.41) is 3.60. The van der Waals surface area contributed by atoms with Gasteiger partial charge in [-0.15, -0.1) is 0 Å². The van der Waals surface area contributed by atoms with Gasteiger partial charge in [-0.25, -0.2) is 0 Å². The van der Waals surface area contributed by atoms with Crippen LogP contribution in [0.1, 0.15) is 60.3 Å². The van der Waals surface area contributed by atoms with E-state index in [0.717, 1.165) is 13.1 Å². The number of rotatable bonds is 0. The van der Waals surface area contributed by atoms with E-state index in [1.807, 2.05) is 0 Å². The van der Waals surface area contributed by atoms with Crippen molar-refractivity contribution >= 4 is 0 Å². The topological polar surface area (TPSA) is 21.3 Å². The van der Waals surface area contributed by atoms with Gasteiger partial charge in [-0.2, -0.15) is 0 Å². The molecule has 1 saturated heterocycles. The minimum absolute atomic E-state index is 0.131. The van der Waals surface area contributed by atoms with Crippen LogP contribution in [-0.2, 0) is 4.74 Å². The molecule has 2 rings (SSSR count). The molecular weight excluding hydrogens is 210 g/mol. The highest BCUT2D eigenvalue weighted by molar-refractivity contribution is 4.97. The van der Waals surface area contributed by atoms with Crippen molar-refractivity contribution in [3.63, 3.8) is 0 Å². The van der Waals surface area contributed by atoms with Crippen molar-refractivity contribution in [2.75, 3.05) is 13.1 Å². The first-order valence-corrected chi connectivity index (χ1v) is 7.11. The highest BCUT2D eigenvalue weighted by atomic mass is 16.5. The number of hydrogen-bond acceptors (Lipinski definition) is 2. The molecule has 0 aromatic heterocycles. The van der Waals surface area contributed by atoms with E-state index >= 15 is 0 Å². The molecule has 1 heterocycles. The van der Waals surface area contributed by atoms with Gasteiger partial charge in [-0.05, 0) is 36.5 Å². The molecule has 1 saturated carbocycles. The van der Waals surface area contributed by atoms with Crippen molar-refractivity contribution in [2.45, 2.75) is 72.0 Å². The molecule has 1 aliphatic heterocycles. The van der Waals surface area contributed by atoms with Gasteiger partial charge in [0.05, 0.1) is 11.7 Å². The van der Waals surface area contributed by atoms with Gasteiger partial charge < -0.3 is 10.1 Å². The second-order valence-corrected chi connectivity index (χ2v) is 7.95. The second kappa shape index (κ2) is 4.24. The average Bonchev–Trinajstić information content (AvgIpc) is 2.23. The third kappa shape index (κ3) is 3.03. The molecule has 2 nitrogen and oxygen atoms in total. The second-order valence-electron chi connectivity index (χ2n) is 7.95. The average molecular weight is 239 g/mol. The van der Waals surface area contributed by atoms with Gasteiger partial charge in [0, 0.05) is 13.1 Å². The first-order chi connectivity index (χ1) is 7.73. The van der Waals surface area contributed by atoms with Gasteiger partial charge >= 0.3 is 0 Å². The van der Waals surface area contributed by atoms with E-state index in [0.29, 0.717) is 11.5 Å². The van der Waals surface area contributed by atoms with Crippen molar-refractivity contribution in [3.05, 3.63) is 0 Å². The zero-order valence-corrected chi connectivity index (χ0v) is 12.2. The summed E-state index contributed by atoms with van der Waals surface area (Å²) in [4.78, 5) is 0. The lowest BCUT2D eigenvalue weighted by atomic mass is 9.70. The molecule has 2 aliphatic rings. The van der Waals surface area contributed by atoms with E-state index in [4.69, 9.17) is 4.74 Å². The van der Waals surface area contributed by atoms with Crippen LogP contribution >= 0.6 is 0 Å². The molecule has 1 atom stereocenters. The van der Waals surface area contributed by atoms with Crippen LogP contribution in [0.5, 0.6) is 0 Å². The van der Waals surface area contributed by atoms with Crippen LogP contribution in [0.25, 0.3) is 0 Å². The number of hydrogen-bond donors (Lipinski definition) is 1. The van der Waals surface area contributed by atoms with Crippen LogP contribution in [0.4, 0.5) is 0 Å². The quantitative estimate of drug-likeness (QED) is 0.700. The lowest BCUT2D eigenvalue weighted by Gasteiger charge is -2.50. The lowest BCUT2D eigenvalue weighted by molar-refractivity contribution is -0.173. The Hall–Kier alpha value is -0.0800. The summed E-state index contributed by atoms with van der Waals surface area (Å²) in [5.74, 6) is 0. The van der Waals surface area contributed by atoms with Crippen LogP contribution in [-0.4, -0.2) is 24.8 Å². The number of nitrogens with one attached hydrogen (secondary N) is 1. The largest absolute Gasteiger partial charge is 0.369 e. The normalized spacial score (nSPS) is 32.6. The number of morpholine rings is 1. The highest BCUT2D eigenvalue weighted by Crippen LogP contribution is 2.44. The van der Waals surface area contributed by atoms with Gasteiger partial charge in [0.1, 0.15) is 0 Å². The van der Waals surface area contributed by atoms with Gasteiger partial charge in [0.15, 0.2) is 0 Å². The molecule has 2 heteroatoms. The van der Waals surface area contributed by atoms with Gasteiger partial charge in [0.2, 0.25) is 0 Å². The molecular formula is C15H29NO. The molecule has 0 bridgehead atoms. The predicted molar refractivity (Wildman–Crippen MR) is 72.2 cm³/mol. The fraction of sp³-hybridized carbons (Fsp3) is 1.00. The molecule has 1 N–H and O–H groups in total. The van der Waals surface area contributed by atoms with Crippen molar-refractivity contribution < 1.29 is 4.74 Å². The fourth-order valence-electron chi connectivity index (χ4n) is 2.98. The van der Waals surface area contributed by atoms with E-state index in [1.165, 1.54) is 25.7 Å². The van der Waals surface area contributed by atoms with Crippen LogP contribution in [0.2, 0.25) is 0 Å². The fourth-order valence-corrected chi connectivity index (χ4v) is 2.98. The summed E-state index contributed by atoms with van der Waals surface area (Å²) in [5.41, 5.74) is 0.891. The Morgan fingerprint density at radius 2 is 1.65 bits per heavy atom. The Bertz CT molecular complexity index is 267. The van der Waals surface area contributed by atoms with Crippen LogP contribution in [0, 0.1) is 10.8 Å². The van der Waals surface area contributed by atoms with Crippen molar-refractivity contribution in [3.8, 4) is 0 Å². The predicted octanol–water partition coefficient (Wildman–Crippen LogP) is 3.36. The molecule has 0 amide bonds. The standard InChI is InChI=1S/C15H29NO/c1-13(2,3)12-10-16-11-15(17-12)8-6-14(4,5)7-9-15/h12,16H,6-11H2,1-5H3. The maximum Gasteiger partial charge on any atom is 0.0811 e. The Morgan fingerprint density at radius 1 is 1.06 bits per heavy atom. The van der Waals surface area contributed by atoms with E-state index < -0.39 is 0 Å². The zero-order valence-electron chi connectivity index (χ0n) is 12.2. The molecule has 1 spiro atoms. The smallest absolute Gasteiger partial charge is 0.0811 e. The maximum absolute atomic E-state index is 6.51. The Balaban J connectivity index is 2.02. The third-order valence-corrected chi connectivity index (χ3v) is 4.65. The van der Waals surface area contributed by atoms with E-state index in [2.05, 4.69) is 39.9 Å². The summed E-state index contributed by atoms with van der Waals surface area (Å²) < 4.78 is 6.51. The Morgan fingerprint density at radius 3 is 2.18 bits per heavy atom. The first kappa shape index (κ1) is 13.4. The lowest BCUT2D eigenvalue weighted by Crippen LogP contribution is -2.58. The van der Waals surface area contributed by atoms with Gasteiger partial charge in [-0.3, -0.25) is 0 Å². The summed E-state index contributed by atoms with van der Waals surface area (Å²) in [7, 11) is 0. The monoisotopic (exact) mass is 239 g/mol. The van der Waals surface area contributed by atoms with Gasteiger partial charge in [-0.1, -0.05) is 34.6 Å². The molecule has 1 unspecified atom stereocenters. The minimum Gasteiger partial charge on any atom is -0.369 e. The zero-order chi connectivity index (χ0) is 12.7. The van der Waals surface area contributed by atoms with E-state index in [1.54, 1.807) is 0 Å². The van der Waals surface area contributed by atoms with E-state index in [9.17, 15) is 0 Å². The first-order valence-electron chi connectivity index (χ1n) is 7.11. The van der Waals surface area contributed by atoms with Crippen molar-refractivity contribution in [1.29, 1.82) is 0 Å². The molecule has 0 radical (unpaired) electrons. The molecule has 1 aliphatic carbocycles. The maximum atomic E-state index is 6.51. The Labute approximate surface area is 107 Å². The molecule has 17 heavy (non-hydrogen) atoms. The van der Waals surface area contributed by atoms with Crippen LogP contribution in [0.3, 0.4) is 0 Å². The summed E-state index contributed by atoms with van der Waals surface area (Å²) >= 11 is 0. The molecule has 100 valence electrons. The van der Waals surface area contributed by atoms with Crippen molar-refractivity contribution in [1.82, 2.24) is 5.32 Å². The summed E-state index contributed by atoms with van der Waals surface area (Å²) in [6.07, 6.45) is 5.40. The van der Waals surface area contributed by atoms with Gasteiger partial charge in [0.25, 0.3) is 0 Å². The summed E-state index contributed by atoms with van der Waals surface area (Å²) in [6.45, 7) is 13.7. The van der Waals surface area contributed by atoms with E-state index in [-0.39, 0.29) is 11.0 Å².